The molecule has 2 aromatic rings. The molecule has 1 N–H and O–H groups in total. The number of carbonyl (C=O) groups is 1. The number of halogens is 1. The van der Waals surface area contributed by atoms with E-state index in [0.29, 0.717) is 13.2 Å². The van der Waals surface area contributed by atoms with Crippen LogP contribution in [0, 0.1) is 0 Å². The maximum atomic E-state index is 11.2. The highest BCUT2D eigenvalue weighted by molar-refractivity contribution is 6.30. The van der Waals surface area contributed by atoms with Crippen molar-refractivity contribution in [3.05, 3.63) is 70.8 Å². The lowest BCUT2D eigenvalue weighted by Crippen LogP contribution is -2.20. The van der Waals surface area contributed by atoms with E-state index in [4.69, 9.17) is 16.3 Å². The summed E-state index contributed by atoms with van der Waals surface area (Å²) in [4.78, 5) is 13.7. The summed E-state index contributed by atoms with van der Waals surface area (Å²) in [7, 11) is 0. The Labute approximate surface area is 184 Å². The first-order valence-electron chi connectivity index (χ1n) is 10.9. The van der Waals surface area contributed by atoms with Crippen molar-refractivity contribution in [3.8, 4) is 0 Å². The van der Waals surface area contributed by atoms with Crippen LogP contribution in [0.4, 0.5) is 11.4 Å². The van der Waals surface area contributed by atoms with Crippen molar-refractivity contribution >= 4 is 28.9 Å². The number of esters is 1. The second kappa shape index (κ2) is 11.8. The fourth-order valence-electron chi connectivity index (χ4n) is 3.85. The highest BCUT2D eigenvalue weighted by Crippen LogP contribution is 2.37. The molecule has 0 aliphatic carbocycles. The predicted octanol–water partition coefficient (Wildman–Crippen LogP) is 5.46. The fraction of sp³-hybridized carbons (Fsp3) is 0.400. The number of hydrogen-bond donors (Lipinski definition) is 1. The summed E-state index contributed by atoms with van der Waals surface area (Å²) in [6.45, 7) is 4.82. The van der Waals surface area contributed by atoms with Crippen molar-refractivity contribution < 1.29 is 9.53 Å². The van der Waals surface area contributed by atoms with Gasteiger partial charge in [-0.25, -0.2) is 4.79 Å². The molecule has 0 saturated carbocycles. The molecule has 160 valence electrons. The van der Waals surface area contributed by atoms with E-state index in [2.05, 4.69) is 46.6 Å². The lowest BCUT2D eigenvalue weighted by molar-refractivity contribution is -0.137. The quantitative estimate of drug-likeness (QED) is 0.311. The second-order valence-corrected chi connectivity index (χ2v) is 7.91. The molecule has 2 aromatic carbocycles. The molecule has 0 atom stereocenters. The van der Waals surface area contributed by atoms with Gasteiger partial charge in [0.1, 0.15) is 0 Å². The second-order valence-electron chi connectivity index (χ2n) is 7.47. The van der Waals surface area contributed by atoms with Crippen molar-refractivity contribution in [2.24, 2.45) is 0 Å². The Balaban J connectivity index is 1.49. The average molecular weight is 427 g/mol. The van der Waals surface area contributed by atoms with E-state index in [9.17, 15) is 4.79 Å². The van der Waals surface area contributed by atoms with Gasteiger partial charge < -0.3 is 15.0 Å². The van der Waals surface area contributed by atoms with Gasteiger partial charge in [-0.2, -0.15) is 0 Å². The molecular formula is C25H31ClN2O2. The number of nitrogens with one attached hydrogen (secondary N) is 1. The molecule has 1 heterocycles. The minimum absolute atomic E-state index is 0.280. The van der Waals surface area contributed by atoms with Crippen molar-refractivity contribution in [3.63, 3.8) is 0 Å². The van der Waals surface area contributed by atoms with Crippen LogP contribution in [0.1, 0.15) is 37.3 Å². The first-order chi connectivity index (χ1) is 14.7. The SMILES string of the molecule is CCOC(=O)/C=C/CNCCCCCN1c2ccccc2CCc2ccc(Cl)cc21. The molecule has 0 saturated heterocycles. The molecule has 0 amide bonds. The molecule has 0 bridgehead atoms. The highest BCUT2D eigenvalue weighted by Gasteiger charge is 2.20. The number of ether oxygens (including phenoxy) is 1. The van der Waals surface area contributed by atoms with Gasteiger partial charge in [0.05, 0.1) is 6.61 Å². The molecule has 0 unspecified atom stereocenters. The lowest BCUT2D eigenvalue weighted by atomic mass is 10.0. The van der Waals surface area contributed by atoms with E-state index in [-0.39, 0.29) is 5.97 Å². The van der Waals surface area contributed by atoms with Crippen molar-refractivity contribution in [2.45, 2.75) is 39.0 Å². The first kappa shape index (κ1) is 22.4. The van der Waals surface area contributed by atoms with Gasteiger partial charge in [-0.05, 0) is 68.5 Å². The number of aryl methyl sites for hydroxylation is 2. The molecule has 1 aliphatic rings. The Hall–Kier alpha value is -2.30. The van der Waals surface area contributed by atoms with Crippen LogP contribution in [-0.4, -0.2) is 32.2 Å². The smallest absolute Gasteiger partial charge is 0.330 e. The van der Waals surface area contributed by atoms with Gasteiger partial charge in [-0.15, -0.1) is 0 Å². The van der Waals surface area contributed by atoms with Crippen LogP contribution >= 0.6 is 11.6 Å². The number of fused-ring (bicyclic) bond motifs is 2. The minimum atomic E-state index is -0.280. The summed E-state index contributed by atoms with van der Waals surface area (Å²) in [5, 5.41) is 4.13. The Morgan fingerprint density at radius 1 is 1.10 bits per heavy atom. The molecule has 4 nitrogen and oxygen atoms in total. The molecule has 30 heavy (non-hydrogen) atoms. The standard InChI is InChI=1S/C25H31ClN2O2/c1-2-30-25(29)11-8-17-27-16-6-3-7-18-28-23-10-5-4-9-20(23)12-13-21-14-15-22(26)19-24(21)28/h4-5,8-11,14-15,19,27H,2-3,6-7,12-13,16-18H2,1H3/b11-8+. The van der Waals surface area contributed by atoms with Gasteiger partial charge in [0.15, 0.2) is 0 Å². The normalized spacial score (nSPS) is 13.1. The van der Waals surface area contributed by atoms with Crippen LogP contribution in [-0.2, 0) is 22.4 Å². The summed E-state index contributed by atoms with van der Waals surface area (Å²) in [5.74, 6) is -0.280. The van der Waals surface area contributed by atoms with E-state index >= 15 is 0 Å². The number of anilines is 2. The van der Waals surface area contributed by atoms with E-state index < -0.39 is 0 Å². The fourth-order valence-corrected chi connectivity index (χ4v) is 4.02. The average Bonchev–Trinajstić information content (AvgIpc) is 2.89. The van der Waals surface area contributed by atoms with Gasteiger partial charge in [0, 0.05) is 35.6 Å². The van der Waals surface area contributed by atoms with Gasteiger partial charge in [-0.3, -0.25) is 0 Å². The third-order valence-corrected chi connectivity index (χ3v) is 5.56. The molecule has 0 fully saturated rings. The van der Waals surface area contributed by atoms with Crippen molar-refractivity contribution in [2.75, 3.05) is 31.1 Å². The number of carbonyl (C=O) groups excluding carboxylic acids is 1. The van der Waals surface area contributed by atoms with Gasteiger partial charge in [0.2, 0.25) is 0 Å². The summed E-state index contributed by atoms with van der Waals surface area (Å²) in [6, 6.07) is 15.0. The maximum absolute atomic E-state index is 11.2. The first-order valence-corrected chi connectivity index (χ1v) is 11.2. The number of unbranched alkanes of at least 4 members (excludes halogenated alkanes) is 2. The van der Waals surface area contributed by atoms with E-state index in [1.807, 2.05) is 12.1 Å². The third-order valence-electron chi connectivity index (χ3n) is 5.32. The molecule has 1 aliphatic heterocycles. The molecular weight excluding hydrogens is 396 g/mol. The summed E-state index contributed by atoms with van der Waals surface area (Å²) >= 11 is 6.33. The largest absolute Gasteiger partial charge is 0.463 e. The molecule has 0 radical (unpaired) electrons. The van der Waals surface area contributed by atoms with Gasteiger partial charge in [0.25, 0.3) is 0 Å². The zero-order valence-electron chi connectivity index (χ0n) is 17.7. The van der Waals surface area contributed by atoms with Gasteiger partial charge >= 0.3 is 5.97 Å². The summed E-state index contributed by atoms with van der Waals surface area (Å²) in [5.41, 5.74) is 5.32. The van der Waals surface area contributed by atoms with Crippen LogP contribution in [0.15, 0.2) is 54.6 Å². The summed E-state index contributed by atoms with van der Waals surface area (Å²) < 4.78 is 4.86. The maximum Gasteiger partial charge on any atom is 0.330 e. The predicted molar refractivity (Wildman–Crippen MR) is 125 cm³/mol. The number of hydrogen-bond acceptors (Lipinski definition) is 4. The molecule has 5 heteroatoms. The minimum Gasteiger partial charge on any atom is -0.463 e. The number of rotatable bonds is 10. The number of benzene rings is 2. The Bertz CT molecular complexity index is 866. The molecule has 0 aromatic heterocycles. The van der Waals surface area contributed by atoms with E-state index in [1.165, 1.54) is 28.6 Å². The van der Waals surface area contributed by atoms with Crippen LogP contribution in [0.2, 0.25) is 5.02 Å². The lowest BCUT2D eigenvalue weighted by Gasteiger charge is -2.27. The Kier molecular flexibility index (Phi) is 8.79. The number of para-hydroxylation sites is 1. The zero-order valence-corrected chi connectivity index (χ0v) is 18.5. The monoisotopic (exact) mass is 426 g/mol. The van der Waals surface area contributed by atoms with Crippen LogP contribution < -0.4 is 10.2 Å². The Morgan fingerprint density at radius 3 is 2.73 bits per heavy atom. The van der Waals surface area contributed by atoms with Crippen LogP contribution in [0.3, 0.4) is 0 Å². The number of nitrogens with zero attached hydrogens (tertiary/aromatic N) is 1. The van der Waals surface area contributed by atoms with E-state index in [0.717, 1.165) is 50.2 Å². The van der Waals surface area contributed by atoms with E-state index in [1.54, 1.807) is 6.92 Å². The molecule has 0 spiro atoms. The van der Waals surface area contributed by atoms with Crippen molar-refractivity contribution in [1.29, 1.82) is 0 Å². The third kappa shape index (κ3) is 6.35. The van der Waals surface area contributed by atoms with Crippen molar-refractivity contribution in [1.82, 2.24) is 5.32 Å². The van der Waals surface area contributed by atoms with Crippen LogP contribution in [0.5, 0.6) is 0 Å². The van der Waals surface area contributed by atoms with Gasteiger partial charge in [-0.1, -0.05) is 48.4 Å². The zero-order chi connectivity index (χ0) is 21.2. The highest BCUT2D eigenvalue weighted by atomic mass is 35.5. The Morgan fingerprint density at radius 2 is 1.90 bits per heavy atom. The topological polar surface area (TPSA) is 41.6 Å². The molecule has 3 rings (SSSR count). The summed E-state index contributed by atoms with van der Waals surface area (Å²) in [6.07, 6.45) is 8.76. The van der Waals surface area contributed by atoms with Crippen LogP contribution in [0.25, 0.3) is 0 Å².